The molecule has 0 aliphatic rings. The monoisotopic (exact) mass is 293 g/mol. The summed E-state index contributed by atoms with van der Waals surface area (Å²) in [4.78, 5) is 0. The van der Waals surface area contributed by atoms with E-state index in [1.165, 1.54) is 5.56 Å². The molecule has 0 radical (unpaired) electrons. The molecule has 0 amide bonds. The van der Waals surface area contributed by atoms with Crippen molar-refractivity contribution in [1.29, 1.82) is 0 Å². The summed E-state index contributed by atoms with van der Waals surface area (Å²) >= 11 is 0. The van der Waals surface area contributed by atoms with Gasteiger partial charge in [-0.25, -0.2) is 0 Å². The van der Waals surface area contributed by atoms with Gasteiger partial charge in [0.1, 0.15) is 0 Å². The van der Waals surface area contributed by atoms with Crippen LogP contribution in [-0.4, -0.2) is 20.3 Å². The van der Waals surface area contributed by atoms with Crippen LogP contribution < -0.4 is 14.8 Å². The molecule has 0 bridgehead atoms. The van der Waals surface area contributed by atoms with Crippen LogP contribution in [-0.2, 0) is 6.54 Å². The van der Waals surface area contributed by atoms with E-state index < -0.39 is 0 Å². The van der Waals surface area contributed by atoms with E-state index >= 15 is 0 Å². The Labute approximate surface area is 130 Å². The van der Waals surface area contributed by atoms with Crippen molar-refractivity contribution in [3.63, 3.8) is 0 Å². The molecule has 3 nitrogen and oxygen atoms in total. The average molecular weight is 293 g/mol. The van der Waals surface area contributed by atoms with Crippen LogP contribution in [0.5, 0.6) is 11.5 Å². The van der Waals surface area contributed by atoms with E-state index in [1.807, 2.05) is 6.07 Å². The lowest BCUT2D eigenvalue weighted by Gasteiger charge is -2.16. The molecule has 120 valence electrons. The van der Waals surface area contributed by atoms with Crippen LogP contribution in [0, 0.1) is 11.8 Å². The first-order chi connectivity index (χ1) is 10.1. The minimum atomic E-state index is 0.613. The maximum absolute atomic E-state index is 5.92. The molecule has 21 heavy (non-hydrogen) atoms. The summed E-state index contributed by atoms with van der Waals surface area (Å²) in [6.07, 6.45) is 2.30. The molecule has 0 aromatic heterocycles. The van der Waals surface area contributed by atoms with Gasteiger partial charge in [0, 0.05) is 6.54 Å². The second-order valence-corrected chi connectivity index (χ2v) is 6.00. The summed E-state index contributed by atoms with van der Waals surface area (Å²) in [6.45, 7) is 11.5. The molecule has 0 aliphatic carbocycles. The van der Waals surface area contributed by atoms with Gasteiger partial charge in [-0.2, -0.15) is 0 Å². The Morgan fingerprint density at radius 3 is 2.38 bits per heavy atom. The summed E-state index contributed by atoms with van der Waals surface area (Å²) < 4.78 is 11.4. The van der Waals surface area contributed by atoms with E-state index in [1.54, 1.807) is 7.11 Å². The van der Waals surface area contributed by atoms with E-state index in [2.05, 4.69) is 45.1 Å². The van der Waals surface area contributed by atoms with Crippen LogP contribution in [0.3, 0.4) is 0 Å². The van der Waals surface area contributed by atoms with Gasteiger partial charge in [0.15, 0.2) is 11.5 Å². The quantitative estimate of drug-likeness (QED) is 0.699. The van der Waals surface area contributed by atoms with E-state index in [0.717, 1.165) is 44.0 Å². The Morgan fingerprint density at radius 1 is 1.10 bits per heavy atom. The van der Waals surface area contributed by atoms with Gasteiger partial charge in [-0.15, -0.1) is 0 Å². The van der Waals surface area contributed by atoms with Crippen LogP contribution in [0.25, 0.3) is 0 Å². The smallest absolute Gasteiger partial charge is 0.161 e. The largest absolute Gasteiger partial charge is 0.493 e. The third kappa shape index (κ3) is 6.38. The summed E-state index contributed by atoms with van der Waals surface area (Å²) in [6, 6.07) is 6.20. The molecule has 0 heterocycles. The molecule has 0 saturated heterocycles. The van der Waals surface area contributed by atoms with Crippen molar-refractivity contribution < 1.29 is 9.47 Å². The summed E-state index contributed by atoms with van der Waals surface area (Å²) in [7, 11) is 1.70. The predicted octanol–water partition coefficient (Wildman–Crippen LogP) is 4.26. The molecular weight excluding hydrogens is 262 g/mol. The minimum absolute atomic E-state index is 0.613. The maximum atomic E-state index is 5.92. The van der Waals surface area contributed by atoms with Crippen LogP contribution in [0.2, 0.25) is 0 Å². The van der Waals surface area contributed by atoms with Crippen molar-refractivity contribution >= 4 is 0 Å². The molecule has 0 spiro atoms. The van der Waals surface area contributed by atoms with Gasteiger partial charge in [0.2, 0.25) is 0 Å². The highest BCUT2D eigenvalue weighted by molar-refractivity contribution is 5.42. The first-order valence-corrected chi connectivity index (χ1v) is 8.11. The van der Waals surface area contributed by atoms with Crippen molar-refractivity contribution in [3.05, 3.63) is 23.8 Å². The van der Waals surface area contributed by atoms with E-state index in [-0.39, 0.29) is 0 Å². The predicted molar refractivity (Wildman–Crippen MR) is 89.1 cm³/mol. The number of ether oxygens (including phenoxy) is 2. The average Bonchev–Trinajstić information content (AvgIpc) is 2.48. The maximum Gasteiger partial charge on any atom is 0.161 e. The standard InChI is InChI=1S/C18H31NO2/c1-6-15(7-2)13-21-17-9-8-16(10-18(17)20-5)12-19-11-14(3)4/h8-10,14-15,19H,6-7,11-13H2,1-5H3. The van der Waals surface area contributed by atoms with Crippen LogP contribution in [0.1, 0.15) is 46.1 Å². The Bertz CT molecular complexity index is 400. The molecule has 1 aromatic carbocycles. The molecule has 1 N–H and O–H groups in total. The van der Waals surface area contributed by atoms with Crippen LogP contribution >= 0.6 is 0 Å². The molecule has 0 unspecified atom stereocenters. The summed E-state index contributed by atoms with van der Waals surface area (Å²) in [5.74, 6) is 2.94. The fourth-order valence-corrected chi connectivity index (χ4v) is 2.18. The lowest BCUT2D eigenvalue weighted by Crippen LogP contribution is -2.19. The van der Waals surface area contributed by atoms with Crippen molar-refractivity contribution in [2.24, 2.45) is 11.8 Å². The normalized spacial score (nSPS) is 11.2. The number of nitrogens with one attached hydrogen (secondary N) is 1. The molecule has 3 heteroatoms. The van der Waals surface area contributed by atoms with Gasteiger partial charge in [-0.3, -0.25) is 0 Å². The van der Waals surface area contributed by atoms with Crippen molar-refractivity contribution in [2.45, 2.75) is 47.1 Å². The van der Waals surface area contributed by atoms with Gasteiger partial charge in [0.25, 0.3) is 0 Å². The third-order valence-electron chi connectivity index (χ3n) is 3.74. The molecule has 0 saturated carbocycles. The molecule has 0 atom stereocenters. The minimum Gasteiger partial charge on any atom is -0.493 e. The van der Waals surface area contributed by atoms with E-state index in [9.17, 15) is 0 Å². The molecule has 0 aliphatic heterocycles. The Balaban J connectivity index is 2.61. The fourth-order valence-electron chi connectivity index (χ4n) is 2.18. The highest BCUT2D eigenvalue weighted by Gasteiger charge is 2.09. The SMILES string of the molecule is CCC(CC)COc1ccc(CNCC(C)C)cc1OC. The summed E-state index contributed by atoms with van der Waals surface area (Å²) in [5.41, 5.74) is 1.22. The second kappa shape index (κ2) is 9.67. The number of hydrogen-bond donors (Lipinski definition) is 1. The van der Waals surface area contributed by atoms with Crippen LogP contribution in [0.4, 0.5) is 0 Å². The lowest BCUT2D eigenvalue weighted by molar-refractivity contribution is 0.230. The van der Waals surface area contributed by atoms with Crippen LogP contribution in [0.15, 0.2) is 18.2 Å². The highest BCUT2D eigenvalue weighted by atomic mass is 16.5. The van der Waals surface area contributed by atoms with Crippen molar-refractivity contribution in [3.8, 4) is 11.5 Å². The molecule has 1 rings (SSSR count). The fraction of sp³-hybridized carbons (Fsp3) is 0.667. The van der Waals surface area contributed by atoms with E-state index in [0.29, 0.717) is 11.8 Å². The van der Waals surface area contributed by atoms with Gasteiger partial charge >= 0.3 is 0 Å². The third-order valence-corrected chi connectivity index (χ3v) is 3.74. The summed E-state index contributed by atoms with van der Waals surface area (Å²) in [5, 5.41) is 3.44. The van der Waals surface area contributed by atoms with Gasteiger partial charge in [0.05, 0.1) is 13.7 Å². The lowest BCUT2D eigenvalue weighted by atomic mass is 10.1. The first-order valence-electron chi connectivity index (χ1n) is 8.11. The molecule has 1 aromatic rings. The molecule has 0 fully saturated rings. The first kappa shape index (κ1) is 17.8. The second-order valence-electron chi connectivity index (χ2n) is 6.00. The Morgan fingerprint density at radius 2 is 1.81 bits per heavy atom. The zero-order valence-electron chi connectivity index (χ0n) is 14.2. The van der Waals surface area contributed by atoms with Gasteiger partial charge in [-0.05, 0) is 36.1 Å². The van der Waals surface area contributed by atoms with E-state index in [4.69, 9.17) is 9.47 Å². The zero-order valence-corrected chi connectivity index (χ0v) is 14.2. The number of methoxy groups -OCH3 is 1. The Hall–Kier alpha value is -1.22. The van der Waals surface area contributed by atoms with Gasteiger partial charge < -0.3 is 14.8 Å². The topological polar surface area (TPSA) is 30.5 Å². The highest BCUT2D eigenvalue weighted by Crippen LogP contribution is 2.29. The molecular formula is C18H31NO2. The van der Waals surface area contributed by atoms with Crippen molar-refractivity contribution in [1.82, 2.24) is 5.32 Å². The number of rotatable bonds is 10. The van der Waals surface area contributed by atoms with Crippen molar-refractivity contribution in [2.75, 3.05) is 20.3 Å². The number of hydrogen-bond acceptors (Lipinski definition) is 3. The number of benzene rings is 1. The van der Waals surface area contributed by atoms with Gasteiger partial charge in [-0.1, -0.05) is 46.6 Å². The Kier molecular flexibility index (Phi) is 8.21. The zero-order chi connectivity index (χ0) is 15.7.